The van der Waals surface area contributed by atoms with E-state index in [0.717, 1.165) is 13.0 Å². The van der Waals surface area contributed by atoms with Gasteiger partial charge in [-0.2, -0.15) is 5.21 Å². The molecule has 2 rings (SSSR count). The van der Waals surface area contributed by atoms with Crippen LogP contribution in [0.4, 0.5) is 0 Å². The monoisotopic (exact) mass is 238 g/mol. The molecule has 1 aliphatic heterocycles. The number of nitrogens with one attached hydrogen (secondary N) is 2. The highest BCUT2D eigenvalue weighted by Crippen LogP contribution is 2.08. The molecule has 1 aromatic heterocycles. The second-order valence-corrected chi connectivity index (χ2v) is 4.25. The molecule has 1 amide bonds. The maximum atomic E-state index is 11.4. The minimum Gasteiger partial charge on any atom is -0.349 e. The van der Waals surface area contributed by atoms with Crippen LogP contribution >= 0.6 is 0 Å². The summed E-state index contributed by atoms with van der Waals surface area (Å²) < 4.78 is 0. The van der Waals surface area contributed by atoms with E-state index in [9.17, 15) is 4.79 Å². The van der Waals surface area contributed by atoms with Crippen LogP contribution in [-0.2, 0) is 0 Å². The number of tetrazole rings is 1. The number of rotatable bonds is 5. The molecule has 1 aromatic rings. The Labute approximate surface area is 100.0 Å². The van der Waals surface area contributed by atoms with E-state index in [4.69, 9.17) is 0 Å². The van der Waals surface area contributed by atoms with Crippen molar-refractivity contribution in [2.45, 2.75) is 25.7 Å². The van der Waals surface area contributed by atoms with Gasteiger partial charge in [0.25, 0.3) is 11.7 Å². The highest BCUT2D eigenvalue weighted by molar-refractivity contribution is 5.89. The Balaban J connectivity index is 1.58. The molecule has 1 saturated heterocycles. The minimum absolute atomic E-state index is 0.1000. The zero-order valence-electron chi connectivity index (χ0n) is 9.85. The fourth-order valence-corrected chi connectivity index (χ4v) is 2.02. The van der Waals surface area contributed by atoms with Crippen molar-refractivity contribution >= 4 is 5.91 Å². The summed E-state index contributed by atoms with van der Waals surface area (Å²) in [5.74, 6) is -0.166. The Morgan fingerprint density at radius 1 is 1.35 bits per heavy atom. The summed E-state index contributed by atoms with van der Waals surface area (Å²) in [6, 6.07) is 0. The third-order valence-corrected chi connectivity index (χ3v) is 2.93. The molecule has 0 saturated carbocycles. The van der Waals surface area contributed by atoms with Crippen LogP contribution in [-0.4, -0.2) is 57.6 Å². The molecule has 0 spiro atoms. The molecule has 7 nitrogen and oxygen atoms in total. The normalized spacial score (nSPS) is 16.9. The summed E-state index contributed by atoms with van der Waals surface area (Å²) in [6.45, 7) is 4.09. The van der Waals surface area contributed by atoms with E-state index in [1.165, 1.54) is 32.4 Å². The molecule has 0 aliphatic carbocycles. The Hall–Kier alpha value is -1.50. The third kappa shape index (κ3) is 3.77. The summed E-state index contributed by atoms with van der Waals surface area (Å²) in [4.78, 5) is 13.9. The molecule has 0 radical (unpaired) electrons. The molecule has 1 aliphatic rings. The summed E-state index contributed by atoms with van der Waals surface area (Å²) in [6.07, 6.45) is 4.92. The summed E-state index contributed by atoms with van der Waals surface area (Å²) in [5.41, 5.74) is 0. The fourth-order valence-electron chi connectivity index (χ4n) is 2.02. The van der Waals surface area contributed by atoms with Gasteiger partial charge in [0, 0.05) is 6.54 Å². The van der Waals surface area contributed by atoms with Crippen LogP contribution in [0.1, 0.15) is 36.3 Å². The molecule has 17 heavy (non-hydrogen) atoms. The largest absolute Gasteiger partial charge is 0.349 e. The van der Waals surface area contributed by atoms with Gasteiger partial charge < -0.3 is 10.2 Å². The van der Waals surface area contributed by atoms with Gasteiger partial charge in [0.05, 0.1) is 0 Å². The third-order valence-electron chi connectivity index (χ3n) is 2.93. The Morgan fingerprint density at radius 2 is 2.18 bits per heavy atom. The second kappa shape index (κ2) is 6.29. The fraction of sp³-hybridized carbons (Fsp3) is 0.800. The predicted molar refractivity (Wildman–Crippen MR) is 61.4 cm³/mol. The maximum Gasteiger partial charge on any atom is 0.292 e. The maximum absolute atomic E-state index is 11.4. The van der Waals surface area contributed by atoms with Crippen molar-refractivity contribution in [1.82, 2.24) is 30.8 Å². The van der Waals surface area contributed by atoms with Crippen LogP contribution in [0.3, 0.4) is 0 Å². The van der Waals surface area contributed by atoms with Gasteiger partial charge in [0.15, 0.2) is 0 Å². The lowest BCUT2D eigenvalue weighted by Crippen LogP contribution is -2.33. The molecule has 2 heterocycles. The second-order valence-electron chi connectivity index (χ2n) is 4.25. The molecule has 7 heteroatoms. The molecule has 1 fully saturated rings. The van der Waals surface area contributed by atoms with Crippen molar-refractivity contribution in [1.29, 1.82) is 0 Å². The highest BCUT2D eigenvalue weighted by Gasteiger charge is 2.11. The van der Waals surface area contributed by atoms with Gasteiger partial charge in [-0.05, 0) is 44.1 Å². The number of H-pyrrole nitrogens is 1. The van der Waals surface area contributed by atoms with E-state index in [1.807, 2.05) is 0 Å². The van der Waals surface area contributed by atoms with Crippen molar-refractivity contribution in [2.24, 2.45) is 0 Å². The van der Waals surface area contributed by atoms with Crippen LogP contribution in [0.2, 0.25) is 0 Å². The standard InChI is InChI=1S/C10H18N6O/c17-10(9-12-14-15-13-9)11-5-4-8-16-6-2-1-3-7-16/h1-8H2,(H,11,17)(H,12,13,14,15). The van der Waals surface area contributed by atoms with E-state index in [0.29, 0.717) is 6.54 Å². The van der Waals surface area contributed by atoms with Crippen molar-refractivity contribution in [3.63, 3.8) is 0 Å². The zero-order valence-corrected chi connectivity index (χ0v) is 9.85. The lowest BCUT2D eigenvalue weighted by molar-refractivity contribution is 0.0941. The van der Waals surface area contributed by atoms with Crippen LogP contribution in [0.5, 0.6) is 0 Å². The topological polar surface area (TPSA) is 86.8 Å². The molecular weight excluding hydrogens is 220 g/mol. The van der Waals surface area contributed by atoms with Gasteiger partial charge in [-0.25, -0.2) is 0 Å². The molecule has 0 atom stereocenters. The number of likely N-dealkylation sites (tertiary alicyclic amines) is 1. The van der Waals surface area contributed by atoms with Gasteiger partial charge in [0.2, 0.25) is 0 Å². The SMILES string of the molecule is O=C(NCCCN1CCCCC1)c1nn[nH]n1. The first-order valence-electron chi connectivity index (χ1n) is 6.10. The van der Waals surface area contributed by atoms with Crippen LogP contribution in [0, 0.1) is 0 Å². The van der Waals surface area contributed by atoms with Gasteiger partial charge in [-0.15, -0.1) is 10.2 Å². The Bertz CT molecular complexity index is 333. The number of hydrogen-bond acceptors (Lipinski definition) is 5. The van der Waals surface area contributed by atoms with Crippen LogP contribution in [0.15, 0.2) is 0 Å². The smallest absolute Gasteiger partial charge is 0.292 e. The average molecular weight is 238 g/mol. The van der Waals surface area contributed by atoms with E-state index in [1.54, 1.807) is 0 Å². The van der Waals surface area contributed by atoms with Crippen LogP contribution < -0.4 is 5.32 Å². The summed E-state index contributed by atoms with van der Waals surface area (Å²) >= 11 is 0. The number of aromatic amines is 1. The molecule has 0 unspecified atom stereocenters. The number of hydrogen-bond donors (Lipinski definition) is 2. The van der Waals surface area contributed by atoms with Gasteiger partial charge in [-0.1, -0.05) is 6.42 Å². The van der Waals surface area contributed by atoms with Gasteiger partial charge >= 0.3 is 0 Å². The number of nitrogens with zero attached hydrogens (tertiary/aromatic N) is 4. The molecule has 0 aromatic carbocycles. The minimum atomic E-state index is -0.266. The van der Waals surface area contributed by atoms with E-state index in [2.05, 4.69) is 30.8 Å². The van der Waals surface area contributed by atoms with Crippen molar-refractivity contribution in [3.05, 3.63) is 5.82 Å². The van der Waals surface area contributed by atoms with Crippen molar-refractivity contribution in [3.8, 4) is 0 Å². The molecule has 2 N–H and O–H groups in total. The summed E-state index contributed by atoms with van der Waals surface area (Å²) in [5, 5.41) is 15.6. The van der Waals surface area contributed by atoms with Crippen molar-refractivity contribution < 1.29 is 4.79 Å². The van der Waals surface area contributed by atoms with E-state index < -0.39 is 0 Å². The summed E-state index contributed by atoms with van der Waals surface area (Å²) in [7, 11) is 0. The lowest BCUT2D eigenvalue weighted by atomic mass is 10.1. The van der Waals surface area contributed by atoms with Crippen LogP contribution in [0.25, 0.3) is 0 Å². The zero-order chi connectivity index (χ0) is 11.9. The van der Waals surface area contributed by atoms with E-state index in [-0.39, 0.29) is 11.7 Å². The average Bonchev–Trinajstić information content (AvgIpc) is 2.89. The highest BCUT2D eigenvalue weighted by atomic mass is 16.2. The van der Waals surface area contributed by atoms with E-state index >= 15 is 0 Å². The molecular formula is C10H18N6O. The quantitative estimate of drug-likeness (QED) is 0.694. The number of aromatic nitrogens is 4. The number of carbonyl (C=O) groups excluding carboxylic acids is 1. The number of carbonyl (C=O) groups is 1. The predicted octanol–water partition coefficient (Wildman–Crippen LogP) is -0.194. The van der Waals surface area contributed by atoms with Gasteiger partial charge in [-0.3, -0.25) is 4.79 Å². The molecule has 0 bridgehead atoms. The Morgan fingerprint density at radius 3 is 2.88 bits per heavy atom. The van der Waals surface area contributed by atoms with Gasteiger partial charge in [0.1, 0.15) is 0 Å². The van der Waals surface area contributed by atoms with Crippen molar-refractivity contribution in [2.75, 3.05) is 26.2 Å². The lowest BCUT2D eigenvalue weighted by Gasteiger charge is -2.26. The molecule has 94 valence electrons. The number of piperidine rings is 1. The Kier molecular flexibility index (Phi) is 4.43. The first-order valence-corrected chi connectivity index (χ1v) is 6.10. The first kappa shape index (κ1) is 12.0. The number of amides is 1. The first-order chi connectivity index (χ1) is 8.36.